The Labute approximate surface area is 134 Å². The van der Waals surface area contributed by atoms with Crippen molar-refractivity contribution in [2.75, 3.05) is 31.2 Å². The first kappa shape index (κ1) is 15.7. The number of nitrogens with one attached hydrogen (secondary N) is 1. The summed E-state index contributed by atoms with van der Waals surface area (Å²) >= 11 is 0. The largest absolute Gasteiger partial charge is 0.395 e. The molecule has 1 aliphatic rings. The highest BCUT2D eigenvalue weighted by molar-refractivity contribution is 6.07. The molecule has 1 amide bonds. The number of anilines is 1. The van der Waals surface area contributed by atoms with Crippen LogP contribution in [0, 0.1) is 0 Å². The third kappa shape index (κ3) is 3.13. The van der Waals surface area contributed by atoms with Crippen molar-refractivity contribution in [2.24, 2.45) is 0 Å². The lowest BCUT2D eigenvalue weighted by molar-refractivity contribution is 0.0946. The Bertz CT molecular complexity index is 705. The number of aliphatic hydroxyl groups excluding tert-OH is 2. The highest BCUT2D eigenvalue weighted by Crippen LogP contribution is 2.28. The van der Waals surface area contributed by atoms with Gasteiger partial charge in [0, 0.05) is 18.5 Å². The molecule has 0 saturated carbocycles. The van der Waals surface area contributed by atoms with Crippen LogP contribution in [-0.2, 0) is 0 Å². The van der Waals surface area contributed by atoms with Crippen LogP contribution in [0.3, 0.4) is 0 Å². The molecule has 0 radical (unpaired) electrons. The van der Waals surface area contributed by atoms with E-state index in [0.29, 0.717) is 5.56 Å². The van der Waals surface area contributed by atoms with E-state index in [4.69, 9.17) is 5.11 Å². The van der Waals surface area contributed by atoms with E-state index >= 15 is 0 Å². The van der Waals surface area contributed by atoms with E-state index in [9.17, 15) is 9.90 Å². The number of rotatable bonds is 5. The average molecular weight is 315 g/mol. The standard InChI is InChI=1S/C17H21N3O3/c21-9-7-18-17(23)14-10-16(20-8-3-4-12(20)11-22)19-15-6-2-1-5-13(14)15/h1-2,5-6,10,12,21-22H,3-4,7-9,11H2,(H,18,23). The number of hydrogen-bond donors (Lipinski definition) is 3. The predicted molar refractivity (Wildman–Crippen MR) is 88.6 cm³/mol. The van der Waals surface area contributed by atoms with Gasteiger partial charge in [-0.15, -0.1) is 0 Å². The first-order valence-corrected chi connectivity index (χ1v) is 7.91. The second kappa shape index (κ2) is 6.93. The van der Waals surface area contributed by atoms with Crippen molar-refractivity contribution in [1.29, 1.82) is 0 Å². The third-order valence-electron chi connectivity index (χ3n) is 4.23. The van der Waals surface area contributed by atoms with E-state index in [1.807, 2.05) is 24.3 Å². The Kier molecular flexibility index (Phi) is 4.73. The molecule has 0 spiro atoms. The summed E-state index contributed by atoms with van der Waals surface area (Å²) in [5.41, 5.74) is 1.30. The van der Waals surface area contributed by atoms with Gasteiger partial charge < -0.3 is 20.4 Å². The Morgan fingerprint density at radius 2 is 2.17 bits per heavy atom. The molecular formula is C17H21N3O3. The van der Waals surface area contributed by atoms with Gasteiger partial charge in [0.05, 0.1) is 30.3 Å². The maximum Gasteiger partial charge on any atom is 0.252 e. The maximum absolute atomic E-state index is 12.4. The number of para-hydroxylation sites is 1. The summed E-state index contributed by atoms with van der Waals surface area (Å²) in [5, 5.41) is 21.9. The quantitative estimate of drug-likeness (QED) is 0.764. The fourth-order valence-corrected chi connectivity index (χ4v) is 3.09. The molecule has 2 aromatic rings. The summed E-state index contributed by atoms with van der Waals surface area (Å²) in [5.74, 6) is 0.494. The van der Waals surface area contributed by atoms with Crippen LogP contribution in [0.1, 0.15) is 23.2 Å². The van der Waals surface area contributed by atoms with E-state index in [2.05, 4.69) is 15.2 Å². The smallest absolute Gasteiger partial charge is 0.252 e. The van der Waals surface area contributed by atoms with Gasteiger partial charge in [0.1, 0.15) is 5.82 Å². The molecule has 6 heteroatoms. The first-order chi connectivity index (χ1) is 11.2. The molecule has 2 heterocycles. The zero-order chi connectivity index (χ0) is 16.2. The molecular weight excluding hydrogens is 294 g/mol. The minimum absolute atomic E-state index is 0.0528. The monoisotopic (exact) mass is 315 g/mol. The van der Waals surface area contributed by atoms with Crippen molar-refractivity contribution in [3.8, 4) is 0 Å². The minimum Gasteiger partial charge on any atom is -0.395 e. The van der Waals surface area contributed by atoms with Gasteiger partial charge in [-0.25, -0.2) is 4.98 Å². The Balaban J connectivity index is 2.04. The fraction of sp³-hybridized carbons (Fsp3) is 0.412. The summed E-state index contributed by atoms with van der Waals surface area (Å²) in [4.78, 5) is 19.1. The summed E-state index contributed by atoms with van der Waals surface area (Å²) in [6, 6.07) is 9.35. The van der Waals surface area contributed by atoms with Crippen molar-refractivity contribution in [3.05, 3.63) is 35.9 Å². The van der Waals surface area contributed by atoms with Crippen LogP contribution in [0.5, 0.6) is 0 Å². The van der Waals surface area contributed by atoms with Crippen molar-refractivity contribution in [3.63, 3.8) is 0 Å². The number of nitrogens with zero attached hydrogens (tertiary/aromatic N) is 2. The molecule has 1 unspecified atom stereocenters. The normalized spacial score (nSPS) is 17.7. The molecule has 1 aromatic heterocycles. The molecule has 3 rings (SSSR count). The van der Waals surface area contributed by atoms with Crippen molar-refractivity contribution < 1.29 is 15.0 Å². The zero-order valence-corrected chi connectivity index (χ0v) is 12.9. The lowest BCUT2D eigenvalue weighted by atomic mass is 10.1. The lowest BCUT2D eigenvalue weighted by Crippen LogP contribution is -2.33. The fourth-order valence-electron chi connectivity index (χ4n) is 3.09. The Morgan fingerprint density at radius 3 is 2.96 bits per heavy atom. The molecule has 1 atom stereocenters. The number of aliphatic hydroxyl groups is 2. The Hall–Kier alpha value is -2.18. The molecule has 3 N–H and O–H groups in total. The zero-order valence-electron chi connectivity index (χ0n) is 12.9. The Morgan fingerprint density at radius 1 is 1.35 bits per heavy atom. The number of aromatic nitrogens is 1. The number of fused-ring (bicyclic) bond motifs is 1. The van der Waals surface area contributed by atoms with Crippen LogP contribution >= 0.6 is 0 Å². The number of carbonyl (C=O) groups excluding carboxylic acids is 1. The topological polar surface area (TPSA) is 85.7 Å². The van der Waals surface area contributed by atoms with Gasteiger partial charge in [-0.1, -0.05) is 18.2 Å². The highest BCUT2D eigenvalue weighted by atomic mass is 16.3. The van der Waals surface area contributed by atoms with Crippen molar-refractivity contribution in [2.45, 2.75) is 18.9 Å². The van der Waals surface area contributed by atoms with Gasteiger partial charge in [-0.2, -0.15) is 0 Å². The molecule has 0 aliphatic carbocycles. The van der Waals surface area contributed by atoms with Crippen LogP contribution in [-0.4, -0.2) is 53.4 Å². The van der Waals surface area contributed by atoms with Gasteiger partial charge in [0.2, 0.25) is 0 Å². The van der Waals surface area contributed by atoms with E-state index in [1.54, 1.807) is 6.07 Å². The average Bonchev–Trinajstić information content (AvgIpc) is 3.07. The molecule has 1 saturated heterocycles. The summed E-state index contributed by atoms with van der Waals surface area (Å²) in [6.45, 7) is 1.03. The molecule has 1 aliphatic heterocycles. The first-order valence-electron chi connectivity index (χ1n) is 7.91. The van der Waals surface area contributed by atoms with Gasteiger partial charge in [0.25, 0.3) is 5.91 Å². The summed E-state index contributed by atoms with van der Waals surface area (Å²) in [6.07, 6.45) is 1.93. The van der Waals surface area contributed by atoms with Gasteiger partial charge in [-0.05, 0) is 25.0 Å². The maximum atomic E-state index is 12.4. The minimum atomic E-state index is -0.223. The third-order valence-corrected chi connectivity index (χ3v) is 4.23. The van der Waals surface area contributed by atoms with Crippen LogP contribution in [0.25, 0.3) is 10.9 Å². The van der Waals surface area contributed by atoms with E-state index < -0.39 is 0 Å². The lowest BCUT2D eigenvalue weighted by Gasteiger charge is -2.25. The van der Waals surface area contributed by atoms with Crippen LogP contribution in [0.15, 0.2) is 30.3 Å². The SMILES string of the molecule is O=C(NCCO)c1cc(N2CCCC2CO)nc2ccccc12. The van der Waals surface area contributed by atoms with Crippen LogP contribution in [0.4, 0.5) is 5.82 Å². The number of carbonyl (C=O) groups is 1. The molecule has 1 aromatic carbocycles. The second-order valence-corrected chi connectivity index (χ2v) is 5.70. The molecule has 122 valence electrons. The number of amides is 1. The highest BCUT2D eigenvalue weighted by Gasteiger charge is 2.26. The van der Waals surface area contributed by atoms with Gasteiger partial charge >= 0.3 is 0 Å². The van der Waals surface area contributed by atoms with Crippen molar-refractivity contribution >= 4 is 22.6 Å². The molecule has 23 heavy (non-hydrogen) atoms. The summed E-state index contributed by atoms with van der Waals surface area (Å²) in [7, 11) is 0. The summed E-state index contributed by atoms with van der Waals surface area (Å²) < 4.78 is 0. The van der Waals surface area contributed by atoms with Crippen LogP contribution in [0.2, 0.25) is 0 Å². The number of hydrogen-bond acceptors (Lipinski definition) is 5. The number of pyridine rings is 1. The van der Waals surface area contributed by atoms with E-state index in [0.717, 1.165) is 36.1 Å². The van der Waals surface area contributed by atoms with Gasteiger partial charge in [0.15, 0.2) is 0 Å². The van der Waals surface area contributed by atoms with E-state index in [-0.39, 0.29) is 31.7 Å². The van der Waals surface area contributed by atoms with Crippen molar-refractivity contribution in [1.82, 2.24) is 10.3 Å². The van der Waals surface area contributed by atoms with Crippen LogP contribution < -0.4 is 10.2 Å². The number of benzene rings is 1. The van der Waals surface area contributed by atoms with Gasteiger partial charge in [-0.3, -0.25) is 4.79 Å². The van der Waals surface area contributed by atoms with E-state index in [1.165, 1.54) is 0 Å². The molecule has 1 fully saturated rings. The predicted octanol–water partition coefficient (Wildman–Crippen LogP) is 0.918. The second-order valence-electron chi connectivity index (χ2n) is 5.70. The molecule has 0 bridgehead atoms. The molecule has 6 nitrogen and oxygen atoms in total.